The van der Waals surface area contributed by atoms with E-state index in [4.69, 9.17) is 4.74 Å². The molecule has 5 heteroatoms. The molecule has 0 fully saturated rings. The summed E-state index contributed by atoms with van der Waals surface area (Å²) >= 11 is 1.65. The van der Waals surface area contributed by atoms with Crippen molar-refractivity contribution in [2.24, 2.45) is 0 Å². The van der Waals surface area contributed by atoms with Gasteiger partial charge in [0.05, 0.1) is 24.2 Å². The van der Waals surface area contributed by atoms with E-state index in [1.165, 1.54) is 12.0 Å². The molecule has 1 heterocycles. The Bertz CT molecular complexity index is 583. The Labute approximate surface area is 129 Å². The molecule has 0 N–H and O–H groups in total. The second-order valence-electron chi connectivity index (χ2n) is 5.04. The van der Waals surface area contributed by atoms with E-state index in [9.17, 15) is 4.79 Å². The summed E-state index contributed by atoms with van der Waals surface area (Å²) in [5.74, 6) is -0.469. The minimum Gasteiger partial charge on any atom is -0.469 e. The molecule has 0 spiro atoms. The summed E-state index contributed by atoms with van der Waals surface area (Å²) in [7, 11) is 3.45. The van der Waals surface area contributed by atoms with E-state index in [-0.39, 0.29) is 11.9 Å². The molecule has 21 heavy (non-hydrogen) atoms. The molecule has 0 aliphatic heterocycles. The fraction of sp³-hybridized carbons (Fsp3) is 0.375. The molecular weight excluding hydrogens is 284 g/mol. The quantitative estimate of drug-likeness (QED) is 0.770. The average molecular weight is 304 g/mol. The van der Waals surface area contributed by atoms with Crippen molar-refractivity contribution in [3.05, 3.63) is 52.0 Å². The molecule has 1 atom stereocenters. The summed E-state index contributed by atoms with van der Waals surface area (Å²) in [4.78, 5) is 19.7. The van der Waals surface area contributed by atoms with Crippen molar-refractivity contribution < 1.29 is 9.53 Å². The third-order valence-electron chi connectivity index (χ3n) is 3.44. The van der Waals surface area contributed by atoms with Gasteiger partial charge in [-0.25, -0.2) is 4.98 Å². The molecule has 1 aromatic heterocycles. The van der Waals surface area contributed by atoms with Gasteiger partial charge < -0.3 is 9.64 Å². The zero-order valence-electron chi connectivity index (χ0n) is 12.6. The molecule has 2 aromatic rings. The van der Waals surface area contributed by atoms with Crippen molar-refractivity contribution in [1.82, 2.24) is 9.88 Å². The second kappa shape index (κ2) is 7.33. The number of hydrogen-bond donors (Lipinski definition) is 0. The molecule has 1 unspecified atom stereocenters. The first kappa shape index (κ1) is 15.7. The van der Waals surface area contributed by atoms with Crippen LogP contribution >= 0.6 is 11.3 Å². The first-order chi connectivity index (χ1) is 10.1. The Morgan fingerprint density at radius 3 is 2.67 bits per heavy atom. The summed E-state index contributed by atoms with van der Waals surface area (Å²) in [6.45, 7) is 3.42. The number of thiazole rings is 1. The van der Waals surface area contributed by atoms with E-state index in [1.807, 2.05) is 49.8 Å². The highest BCUT2D eigenvalue weighted by atomic mass is 32.1. The summed E-state index contributed by atoms with van der Waals surface area (Å²) in [6.07, 6.45) is 0. The van der Waals surface area contributed by atoms with Gasteiger partial charge in [0.25, 0.3) is 0 Å². The number of ether oxygens (including phenoxy) is 1. The van der Waals surface area contributed by atoms with Gasteiger partial charge in [0.2, 0.25) is 0 Å². The number of benzene rings is 1. The largest absolute Gasteiger partial charge is 0.469 e. The Kier molecular flexibility index (Phi) is 5.47. The molecule has 1 aromatic carbocycles. The zero-order valence-corrected chi connectivity index (χ0v) is 13.4. The maximum atomic E-state index is 12.1. The predicted molar refractivity (Wildman–Crippen MR) is 84.4 cm³/mol. The maximum absolute atomic E-state index is 12.1. The fourth-order valence-corrected chi connectivity index (χ4v) is 3.10. The van der Waals surface area contributed by atoms with Crippen molar-refractivity contribution >= 4 is 17.3 Å². The van der Waals surface area contributed by atoms with Gasteiger partial charge in [-0.15, -0.1) is 11.3 Å². The highest BCUT2D eigenvalue weighted by Gasteiger charge is 2.23. The normalized spacial score (nSPS) is 12.4. The number of carbonyl (C=O) groups excluding carboxylic acids is 1. The lowest BCUT2D eigenvalue weighted by molar-refractivity contribution is -0.142. The third kappa shape index (κ3) is 4.12. The van der Waals surface area contributed by atoms with Crippen molar-refractivity contribution in [2.75, 3.05) is 20.7 Å². The Morgan fingerprint density at radius 2 is 2.10 bits per heavy atom. The first-order valence-corrected chi connectivity index (χ1v) is 7.70. The van der Waals surface area contributed by atoms with Crippen LogP contribution in [0.2, 0.25) is 0 Å². The molecule has 4 nitrogen and oxygen atoms in total. The Balaban J connectivity index is 2.08. The number of hydrogen-bond acceptors (Lipinski definition) is 5. The van der Waals surface area contributed by atoms with Crippen LogP contribution in [-0.2, 0) is 16.1 Å². The van der Waals surface area contributed by atoms with Crippen molar-refractivity contribution in [3.63, 3.8) is 0 Å². The topological polar surface area (TPSA) is 42.4 Å². The van der Waals surface area contributed by atoms with Gasteiger partial charge in [0.15, 0.2) is 0 Å². The van der Waals surface area contributed by atoms with Gasteiger partial charge in [0.1, 0.15) is 0 Å². The van der Waals surface area contributed by atoms with E-state index in [2.05, 4.69) is 9.88 Å². The smallest absolute Gasteiger partial charge is 0.314 e. The van der Waals surface area contributed by atoms with Crippen LogP contribution in [0.25, 0.3) is 0 Å². The van der Waals surface area contributed by atoms with Crippen LogP contribution in [0.5, 0.6) is 0 Å². The van der Waals surface area contributed by atoms with Gasteiger partial charge >= 0.3 is 5.97 Å². The average Bonchev–Trinajstić information content (AvgIpc) is 2.90. The number of nitrogens with zero attached hydrogens (tertiary/aromatic N) is 2. The van der Waals surface area contributed by atoms with Crippen molar-refractivity contribution in [1.29, 1.82) is 0 Å². The molecule has 0 amide bonds. The highest BCUT2D eigenvalue weighted by molar-refractivity contribution is 7.09. The lowest BCUT2D eigenvalue weighted by Crippen LogP contribution is -2.29. The van der Waals surface area contributed by atoms with Gasteiger partial charge in [-0.05, 0) is 19.5 Å². The lowest BCUT2D eigenvalue weighted by atomic mass is 9.99. The third-order valence-corrected chi connectivity index (χ3v) is 4.36. The van der Waals surface area contributed by atoms with Crippen LogP contribution in [0.3, 0.4) is 0 Å². The number of carbonyl (C=O) groups is 1. The van der Waals surface area contributed by atoms with E-state index >= 15 is 0 Å². The minimum absolute atomic E-state index is 0.200. The van der Waals surface area contributed by atoms with E-state index in [1.54, 1.807) is 11.3 Å². The van der Waals surface area contributed by atoms with Gasteiger partial charge in [-0.2, -0.15) is 0 Å². The van der Waals surface area contributed by atoms with Gasteiger partial charge in [0, 0.05) is 18.0 Å². The van der Waals surface area contributed by atoms with E-state index < -0.39 is 0 Å². The van der Waals surface area contributed by atoms with Gasteiger partial charge in [-0.1, -0.05) is 30.3 Å². The van der Waals surface area contributed by atoms with Crippen LogP contribution in [-0.4, -0.2) is 36.6 Å². The zero-order chi connectivity index (χ0) is 15.2. The van der Waals surface area contributed by atoms with Crippen LogP contribution in [0, 0.1) is 6.92 Å². The second-order valence-corrected chi connectivity index (χ2v) is 5.98. The summed E-state index contributed by atoms with van der Waals surface area (Å²) in [6, 6.07) is 9.76. The SMILES string of the molecule is COC(=O)C(CN(C)Cc1scnc1C)c1ccccc1. The standard InChI is InChI=1S/C16H20N2O2S/c1-12-15(21-11-17-12)10-18(2)9-14(16(19)20-3)13-7-5-4-6-8-13/h4-8,11,14H,9-10H2,1-3H3. The Morgan fingerprint density at radius 1 is 1.38 bits per heavy atom. The van der Waals surface area contributed by atoms with Crippen molar-refractivity contribution in [2.45, 2.75) is 19.4 Å². The lowest BCUT2D eigenvalue weighted by Gasteiger charge is -2.22. The monoisotopic (exact) mass is 304 g/mol. The molecule has 0 saturated heterocycles. The van der Waals surface area contributed by atoms with Crippen LogP contribution in [0.4, 0.5) is 0 Å². The van der Waals surface area contributed by atoms with Crippen LogP contribution < -0.4 is 0 Å². The minimum atomic E-state index is -0.269. The van der Waals surface area contributed by atoms with E-state index in [0.717, 1.165) is 17.8 Å². The maximum Gasteiger partial charge on any atom is 0.314 e. The molecular formula is C16H20N2O2S. The molecule has 2 rings (SSSR count). The molecule has 0 saturated carbocycles. The first-order valence-electron chi connectivity index (χ1n) is 6.82. The van der Waals surface area contributed by atoms with Gasteiger partial charge in [-0.3, -0.25) is 4.79 Å². The number of aryl methyl sites for hydroxylation is 1. The number of likely N-dealkylation sites (N-methyl/N-ethyl adjacent to an activating group) is 1. The van der Waals surface area contributed by atoms with Crippen LogP contribution in [0.1, 0.15) is 22.1 Å². The molecule has 0 bridgehead atoms. The highest BCUT2D eigenvalue weighted by Crippen LogP contribution is 2.20. The predicted octanol–water partition coefficient (Wildman–Crippen LogP) is 2.84. The Hall–Kier alpha value is -1.72. The number of rotatable bonds is 6. The molecule has 0 aliphatic rings. The van der Waals surface area contributed by atoms with Crippen LogP contribution in [0.15, 0.2) is 35.8 Å². The summed E-state index contributed by atoms with van der Waals surface area (Å²) in [5.41, 5.74) is 3.89. The molecule has 112 valence electrons. The number of esters is 1. The molecule has 0 radical (unpaired) electrons. The number of aromatic nitrogens is 1. The molecule has 0 aliphatic carbocycles. The number of methoxy groups -OCH3 is 1. The van der Waals surface area contributed by atoms with Crippen molar-refractivity contribution in [3.8, 4) is 0 Å². The summed E-state index contributed by atoms with van der Waals surface area (Å²) < 4.78 is 4.95. The fourth-order valence-electron chi connectivity index (χ4n) is 2.24. The van der Waals surface area contributed by atoms with E-state index in [0.29, 0.717) is 6.54 Å². The summed E-state index contributed by atoms with van der Waals surface area (Å²) in [5, 5.41) is 0.